The van der Waals surface area contributed by atoms with Crippen LogP contribution >= 0.6 is 0 Å². The van der Waals surface area contributed by atoms with Crippen LogP contribution in [0.4, 0.5) is 0 Å². The lowest BCUT2D eigenvalue weighted by molar-refractivity contribution is -0.123. The van der Waals surface area contributed by atoms with Crippen molar-refractivity contribution in [3.63, 3.8) is 0 Å². The Morgan fingerprint density at radius 2 is 1.96 bits per heavy atom. The number of hydrogen-bond donors (Lipinski definition) is 1. The third kappa shape index (κ3) is 4.41. The predicted octanol–water partition coefficient (Wildman–Crippen LogP) is 0.932. The number of carbonyl (C=O) groups excluding carboxylic acids is 1. The quantitative estimate of drug-likeness (QED) is 0.897. The summed E-state index contributed by atoms with van der Waals surface area (Å²) in [5.41, 5.74) is 0.873. The van der Waals surface area contributed by atoms with Gasteiger partial charge in [0.1, 0.15) is 0 Å². The van der Waals surface area contributed by atoms with Crippen molar-refractivity contribution >= 4 is 5.91 Å². The molecule has 1 amide bonds. The largest absolute Gasteiger partial charge is 0.352 e. The Balaban J connectivity index is 1.47. The number of aromatic nitrogens is 2. The lowest BCUT2D eigenvalue weighted by Gasteiger charge is -2.35. The van der Waals surface area contributed by atoms with Gasteiger partial charge in [0, 0.05) is 31.6 Å². The topological polar surface area (TPSA) is 67.2 Å². The second-order valence-corrected chi connectivity index (χ2v) is 6.90. The number of aryl methyl sites for hydroxylation is 1. The maximum atomic E-state index is 11.9. The Morgan fingerprint density at radius 3 is 2.70 bits per heavy atom. The molecule has 6 heteroatoms. The highest BCUT2D eigenvalue weighted by Gasteiger charge is 2.24. The first-order chi connectivity index (χ1) is 11.1. The van der Waals surface area contributed by atoms with Crippen molar-refractivity contribution in [2.45, 2.75) is 51.6 Å². The van der Waals surface area contributed by atoms with Crippen LogP contribution in [0.25, 0.3) is 0 Å². The van der Waals surface area contributed by atoms with E-state index < -0.39 is 0 Å². The van der Waals surface area contributed by atoms with Crippen molar-refractivity contribution in [3.8, 4) is 0 Å². The molecule has 0 radical (unpaired) electrons. The Kier molecular flexibility index (Phi) is 5.10. The third-order valence-electron chi connectivity index (χ3n) is 4.94. The summed E-state index contributed by atoms with van der Waals surface area (Å²) >= 11 is 0. The van der Waals surface area contributed by atoms with Gasteiger partial charge < -0.3 is 10.2 Å². The Hall–Kier alpha value is -1.69. The Labute approximate surface area is 136 Å². The van der Waals surface area contributed by atoms with E-state index in [2.05, 4.69) is 15.3 Å². The van der Waals surface area contributed by atoms with Crippen LogP contribution in [-0.4, -0.2) is 46.3 Å². The number of hydrogen-bond acceptors (Lipinski definition) is 4. The molecule has 0 spiro atoms. The molecule has 0 saturated carbocycles. The molecule has 0 aromatic carbocycles. The molecule has 1 aromatic rings. The molecule has 6 nitrogen and oxygen atoms in total. The summed E-state index contributed by atoms with van der Waals surface area (Å²) < 4.78 is 1.61. The van der Waals surface area contributed by atoms with Gasteiger partial charge in [0.05, 0.1) is 5.69 Å². The maximum absolute atomic E-state index is 11.9. The minimum atomic E-state index is -0.0112. The highest BCUT2D eigenvalue weighted by Crippen LogP contribution is 2.19. The number of piperidine rings is 2. The zero-order chi connectivity index (χ0) is 16.2. The number of rotatable bonds is 4. The number of likely N-dealkylation sites (tertiary alicyclic amines) is 1. The Bertz CT molecular complexity index is 605. The van der Waals surface area contributed by atoms with Crippen molar-refractivity contribution in [1.82, 2.24) is 20.0 Å². The standard InChI is InChI=1S/C17H26N4O2/c1-13-5-6-17(23)21(19-13)11-14-7-9-20(10-8-14)12-15-3-2-4-16(22)18-15/h5-6,14-15H,2-4,7-12H2,1H3,(H,18,22). The highest BCUT2D eigenvalue weighted by molar-refractivity contribution is 5.76. The van der Waals surface area contributed by atoms with Gasteiger partial charge in [0.15, 0.2) is 0 Å². The summed E-state index contributed by atoms with van der Waals surface area (Å²) in [4.78, 5) is 25.8. The summed E-state index contributed by atoms with van der Waals surface area (Å²) in [5.74, 6) is 0.709. The first kappa shape index (κ1) is 16.2. The molecule has 1 atom stereocenters. The van der Waals surface area contributed by atoms with Gasteiger partial charge in [0.25, 0.3) is 5.56 Å². The van der Waals surface area contributed by atoms with Gasteiger partial charge in [-0.2, -0.15) is 5.10 Å². The summed E-state index contributed by atoms with van der Waals surface area (Å²) in [6, 6.07) is 3.68. The predicted molar refractivity (Wildman–Crippen MR) is 88.2 cm³/mol. The van der Waals surface area contributed by atoms with Crippen molar-refractivity contribution in [2.24, 2.45) is 5.92 Å². The molecule has 23 heavy (non-hydrogen) atoms. The van der Waals surface area contributed by atoms with Crippen molar-refractivity contribution in [2.75, 3.05) is 19.6 Å². The van der Waals surface area contributed by atoms with Crippen LogP contribution in [-0.2, 0) is 11.3 Å². The first-order valence-electron chi connectivity index (χ1n) is 8.66. The van der Waals surface area contributed by atoms with E-state index in [0.29, 0.717) is 24.9 Å². The molecule has 0 bridgehead atoms. The monoisotopic (exact) mass is 318 g/mol. The van der Waals surface area contributed by atoms with Crippen LogP contribution in [0, 0.1) is 12.8 Å². The second-order valence-electron chi connectivity index (χ2n) is 6.90. The van der Waals surface area contributed by atoms with Gasteiger partial charge in [-0.1, -0.05) is 0 Å². The van der Waals surface area contributed by atoms with E-state index >= 15 is 0 Å². The molecule has 2 aliphatic heterocycles. The molecular weight excluding hydrogens is 292 g/mol. The summed E-state index contributed by atoms with van der Waals surface area (Å²) in [6.07, 6.45) is 4.95. The molecule has 1 unspecified atom stereocenters. The molecule has 126 valence electrons. The fourth-order valence-corrected chi connectivity index (χ4v) is 3.61. The van der Waals surface area contributed by atoms with E-state index in [4.69, 9.17) is 0 Å². The zero-order valence-electron chi connectivity index (χ0n) is 13.8. The molecule has 3 rings (SSSR count). The lowest BCUT2D eigenvalue weighted by atomic mass is 9.95. The molecule has 0 aliphatic carbocycles. The molecular formula is C17H26N4O2. The van der Waals surface area contributed by atoms with Gasteiger partial charge in [-0.3, -0.25) is 9.59 Å². The van der Waals surface area contributed by atoms with E-state index in [-0.39, 0.29) is 11.5 Å². The van der Waals surface area contributed by atoms with Gasteiger partial charge in [-0.05, 0) is 57.7 Å². The number of nitrogens with zero attached hydrogens (tertiary/aromatic N) is 3. The molecule has 1 N–H and O–H groups in total. The van der Waals surface area contributed by atoms with E-state index in [1.54, 1.807) is 16.8 Å². The molecule has 2 aliphatic rings. The molecule has 3 heterocycles. The normalized spacial score (nSPS) is 23.7. The van der Waals surface area contributed by atoms with Crippen molar-refractivity contribution in [3.05, 3.63) is 28.2 Å². The van der Waals surface area contributed by atoms with Gasteiger partial charge in [-0.15, -0.1) is 0 Å². The minimum Gasteiger partial charge on any atom is -0.352 e. The fourth-order valence-electron chi connectivity index (χ4n) is 3.61. The number of carbonyl (C=O) groups is 1. The SMILES string of the molecule is Cc1ccc(=O)n(CC2CCN(CC3CCCC(=O)N3)CC2)n1. The first-order valence-corrected chi connectivity index (χ1v) is 8.66. The maximum Gasteiger partial charge on any atom is 0.266 e. The highest BCUT2D eigenvalue weighted by atomic mass is 16.1. The lowest BCUT2D eigenvalue weighted by Crippen LogP contribution is -2.48. The van der Waals surface area contributed by atoms with E-state index in [0.717, 1.165) is 51.0 Å². The summed E-state index contributed by atoms with van der Waals surface area (Å²) in [7, 11) is 0. The average Bonchev–Trinajstić information content (AvgIpc) is 2.53. The van der Waals surface area contributed by atoms with Crippen molar-refractivity contribution < 1.29 is 4.79 Å². The summed E-state index contributed by atoms with van der Waals surface area (Å²) in [5, 5.41) is 7.42. The van der Waals surface area contributed by atoms with Crippen LogP contribution < -0.4 is 10.9 Å². The van der Waals surface area contributed by atoms with E-state index in [9.17, 15) is 9.59 Å². The zero-order valence-corrected chi connectivity index (χ0v) is 13.8. The van der Waals surface area contributed by atoms with Crippen LogP contribution in [0.3, 0.4) is 0 Å². The van der Waals surface area contributed by atoms with Gasteiger partial charge >= 0.3 is 0 Å². The van der Waals surface area contributed by atoms with E-state index in [1.165, 1.54) is 0 Å². The number of nitrogens with one attached hydrogen (secondary N) is 1. The second kappa shape index (κ2) is 7.25. The van der Waals surface area contributed by atoms with Crippen molar-refractivity contribution in [1.29, 1.82) is 0 Å². The average molecular weight is 318 g/mol. The van der Waals surface area contributed by atoms with Crippen LogP contribution in [0.15, 0.2) is 16.9 Å². The van der Waals surface area contributed by atoms with Crippen LogP contribution in [0.2, 0.25) is 0 Å². The van der Waals surface area contributed by atoms with Gasteiger partial charge in [0.2, 0.25) is 5.91 Å². The molecule has 2 fully saturated rings. The molecule has 2 saturated heterocycles. The fraction of sp³-hybridized carbons (Fsp3) is 0.706. The Morgan fingerprint density at radius 1 is 1.17 bits per heavy atom. The van der Waals surface area contributed by atoms with Crippen LogP contribution in [0.5, 0.6) is 0 Å². The summed E-state index contributed by atoms with van der Waals surface area (Å²) in [6.45, 7) is 5.67. The smallest absolute Gasteiger partial charge is 0.266 e. The third-order valence-corrected chi connectivity index (χ3v) is 4.94. The number of amides is 1. The van der Waals surface area contributed by atoms with Gasteiger partial charge in [-0.25, -0.2) is 4.68 Å². The van der Waals surface area contributed by atoms with E-state index in [1.807, 2.05) is 6.92 Å². The van der Waals surface area contributed by atoms with Crippen LogP contribution in [0.1, 0.15) is 37.8 Å². The minimum absolute atomic E-state index is 0.0112. The molecule has 1 aromatic heterocycles.